The molecule has 2 rings (SSSR count). The van der Waals surface area contributed by atoms with Crippen LogP contribution >= 0.6 is 0 Å². The van der Waals surface area contributed by atoms with Gasteiger partial charge in [0.2, 0.25) is 15.9 Å². The van der Waals surface area contributed by atoms with Gasteiger partial charge in [0.05, 0.1) is 12.0 Å². The maximum Gasteiger partial charge on any atom is 0.243 e. The van der Waals surface area contributed by atoms with Gasteiger partial charge in [0.15, 0.2) is 0 Å². The van der Waals surface area contributed by atoms with Gasteiger partial charge < -0.3 is 10.1 Å². The van der Waals surface area contributed by atoms with E-state index >= 15 is 0 Å². The third-order valence-corrected chi connectivity index (χ3v) is 6.38. The number of benzene rings is 1. The van der Waals surface area contributed by atoms with Gasteiger partial charge in [-0.05, 0) is 29.7 Å². The molecule has 0 saturated carbocycles. The predicted molar refractivity (Wildman–Crippen MR) is 105 cm³/mol. The van der Waals surface area contributed by atoms with Gasteiger partial charge in [-0.25, -0.2) is 8.42 Å². The van der Waals surface area contributed by atoms with Crippen molar-refractivity contribution in [3.05, 3.63) is 24.3 Å². The molecule has 0 aliphatic carbocycles. The fourth-order valence-electron chi connectivity index (χ4n) is 2.99. The lowest BCUT2D eigenvalue weighted by Gasteiger charge is -2.34. The Hall–Kier alpha value is -1.64. The van der Waals surface area contributed by atoms with Gasteiger partial charge in [-0.3, -0.25) is 9.69 Å². The Kier molecular flexibility index (Phi) is 7.25. The largest absolute Gasteiger partial charge is 0.497 e. The van der Waals surface area contributed by atoms with Crippen LogP contribution in [0.2, 0.25) is 0 Å². The lowest BCUT2D eigenvalue weighted by molar-refractivity contribution is -0.122. The van der Waals surface area contributed by atoms with E-state index in [4.69, 9.17) is 4.74 Å². The van der Waals surface area contributed by atoms with Gasteiger partial charge in [0.25, 0.3) is 0 Å². The van der Waals surface area contributed by atoms with Crippen molar-refractivity contribution in [1.29, 1.82) is 0 Å². The van der Waals surface area contributed by atoms with E-state index in [1.807, 2.05) is 20.8 Å². The van der Waals surface area contributed by atoms with Crippen LogP contribution in [0.1, 0.15) is 27.2 Å². The molecule has 1 N–H and O–H groups in total. The Bertz CT molecular complexity index is 718. The van der Waals surface area contributed by atoms with Crippen LogP contribution in [-0.4, -0.2) is 69.9 Å². The number of ether oxygens (including phenoxy) is 1. The summed E-state index contributed by atoms with van der Waals surface area (Å²) in [7, 11) is -1.93. The van der Waals surface area contributed by atoms with Crippen molar-refractivity contribution in [2.24, 2.45) is 5.41 Å². The summed E-state index contributed by atoms with van der Waals surface area (Å²) >= 11 is 0. The third-order valence-electron chi connectivity index (χ3n) is 4.47. The second-order valence-corrected chi connectivity index (χ2v) is 9.95. The third kappa shape index (κ3) is 6.48. The van der Waals surface area contributed by atoms with Crippen molar-refractivity contribution < 1.29 is 17.9 Å². The van der Waals surface area contributed by atoms with Crippen LogP contribution in [-0.2, 0) is 14.8 Å². The molecule has 1 aliphatic heterocycles. The van der Waals surface area contributed by atoms with Crippen molar-refractivity contribution in [3.63, 3.8) is 0 Å². The smallest absolute Gasteiger partial charge is 0.243 e. The number of nitrogens with one attached hydrogen (secondary N) is 1. The van der Waals surface area contributed by atoms with E-state index in [2.05, 4.69) is 10.2 Å². The topological polar surface area (TPSA) is 79.0 Å². The molecule has 1 heterocycles. The summed E-state index contributed by atoms with van der Waals surface area (Å²) in [5, 5.41) is 2.94. The number of piperazine rings is 1. The second-order valence-electron chi connectivity index (χ2n) is 8.01. The molecule has 1 aromatic rings. The van der Waals surface area contributed by atoms with E-state index in [0.717, 1.165) is 6.54 Å². The number of nitrogens with zero attached hydrogens (tertiary/aromatic N) is 2. The van der Waals surface area contributed by atoms with Gasteiger partial charge in [-0.15, -0.1) is 0 Å². The summed E-state index contributed by atoms with van der Waals surface area (Å²) in [6.07, 6.45) is 0.501. The zero-order valence-electron chi connectivity index (χ0n) is 16.7. The number of carbonyl (C=O) groups is 1. The summed E-state index contributed by atoms with van der Waals surface area (Å²) in [6, 6.07) is 6.46. The second kappa shape index (κ2) is 9.03. The molecule has 7 nitrogen and oxygen atoms in total. The normalized spacial score (nSPS) is 16.9. The van der Waals surface area contributed by atoms with Gasteiger partial charge in [-0.1, -0.05) is 20.8 Å². The molecule has 0 atom stereocenters. The standard InChI is InChI=1S/C19H31N3O4S/c1-19(2,3)15-18(23)20-9-10-21-11-13-22(14-12-21)27(24,25)17-7-5-16(26-4)6-8-17/h5-8H,9-15H2,1-4H3,(H,20,23). The van der Waals surface area contributed by atoms with E-state index in [0.29, 0.717) is 44.9 Å². The Labute approximate surface area is 162 Å². The molecular formula is C19H31N3O4S. The summed E-state index contributed by atoms with van der Waals surface area (Å²) in [4.78, 5) is 14.3. The first-order valence-electron chi connectivity index (χ1n) is 9.25. The zero-order valence-corrected chi connectivity index (χ0v) is 17.5. The molecule has 27 heavy (non-hydrogen) atoms. The lowest BCUT2D eigenvalue weighted by Crippen LogP contribution is -2.50. The van der Waals surface area contributed by atoms with Crippen molar-refractivity contribution in [2.75, 3.05) is 46.4 Å². The number of rotatable bonds is 7. The molecule has 0 spiro atoms. The highest BCUT2D eigenvalue weighted by atomic mass is 32.2. The highest BCUT2D eigenvalue weighted by Crippen LogP contribution is 2.20. The lowest BCUT2D eigenvalue weighted by atomic mass is 9.92. The highest BCUT2D eigenvalue weighted by molar-refractivity contribution is 7.89. The summed E-state index contributed by atoms with van der Waals surface area (Å²) in [5.74, 6) is 0.690. The molecule has 1 aromatic carbocycles. The average molecular weight is 398 g/mol. The molecule has 0 aromatic heterocycles. The number of sulfonamides is 1. The summed E-state index contributed by atoms with van der Waals surface area (Å²) < 4.78 is 32.1. The van der Waals surface area contributed by atoms with E-state index in [-0.39, 0.29) is 16.2 Å². The molecule has 0 bridgehead atoms. The molecule has 1 fully saturated rings. The quantitative estimate of drug-likeness (QED) is 0.755. The van der Waals surface area contributed by atoms with Crippen molar-refractivity contribution in [3.8, 4) is 5.75 Å². The molecule has 0 radical (unpaired) electrons. The first-order chi connectivity index (χ1) is 12.6. The minimum absolute atomic E-state index is 0.0223. The van der Waals surface area contributed by atoms with Gasteiger partial charge in [-0.2, -0.15) is 4.31 Å². The van der Waals surface area contributed by atoms with Crippen LogP contribution in [0.4, 0.5) is 0 Å². The first kappa shape index (κ1) is 21.7. The number of methoxy groups -OCH3 is 1. The minimum Gasteiger partial charge on any atom is -0.497 e. The van der Waals surface area contributed by atoms with Crippen LogP contribution in [0.5, 0.6) is 5.75 Å². The zero-order chi connectivity index (χ0) is 20.1. The summed E-state index contributed by atoms with van der Waals surface area (Å²) in [5.41, 5.74) is -0.0223. The Morgan fingerprint density at radius 1 is 1.11 bits per heavy atom. The molecule has 1 saturated heterocycles. The average Bonchev–Trinajstić information content (AvgIpc) is 2.60. The molecule has 0 unspecified atom stereocenters. The number of amides is 1. The molecule has 1 amide bonds. The molecular weight excluding hydrogens is 366 g/mol. The van der Waals surface area contributed by atoms with Crippen molar-refractivity contribution in [1.82, 2.24) is 14.5 Å². The van der Waals surface area contributed by atoms with Crippen LogP contribution in [0.3, 0.4) is 0 Å². The summed E-state index contributed by atoms with van der Waals surface area (Å²) in [6.45, 7) is 9.63. The number of hydrogen-bond acceptors (Lipinski definition) is 5. The fraction of sp³-hybridized carbons (Fsp3) is 0.632. The SMILES string of the molecule is COc1ccc(S(=O)(=O)N2CCN(CCNC(=O)CC(C)(C)C)CC2)cc1. The van der Waals surface area contributed by atoms with E-state index in [9.17, 15) is 13.2 Å². The van der Waals surface area contributed by atoms with E-state index < -0.39 is 10.0 Å². The van der Waals surface area contributed by atoms with Crippen molar-refractivity contribution >= 4 is 15.9 Å². The minimum atomic E-state index is -3.48. The fourth-order valence-corrected chi connectivity index (χ4v) is 4.41. The van der Waals surface area contributed by atoms with Gasteiger partial charge in [0, 0.05) is 45.7 Å². The molecule has 152 valence electrons. The van der Waals surface area contributed by atoms with Crippen molar-refractivity contribution in [2.45, 2.75) is 32.1 Å². The molecule has 8 heteroatoms. The van der Waals surface area contributed by atoms with Crippen LogP contribution < -0.4 is 10.1 Å². The Morgan fingerprint density at radius 2 is 1.70 bits per heavy atom. The first-order valence-corrected chi connectivity index (χ1v) is 10.7. The maximum absolute atomic E-state index is 12.7. The van der Waals surface area contributed by atoms with Crippen LogP contribution in [0.15, 0.2) is 29.2 Å². The highest BCUT2D eigenvalue weighted by Gasteiger charge is 2.28. The van der Waals surface area contributed by atoms with Gasteiger partial charge in [0.1, 0.15) is 5.75 Å². The Balaban J connectivity index is 1.79. The number of hydrogen-bond donors (Lipinski definition) is 1. The number of carbonyl (C=O) groups excluding carboxylic acids is 1. The van der Waals surface area contributed by atoms with Crippen LogP contribution in [0.25, 0.3) is 0 Å². The van der Waals surface area contributed by atoms with E-state index in [1.54, 1.807) is 31.4 Å². The Morgan fingerprint density at radius 3 is 2.22 bits per heavy atom. The van der Waals surface area contributed by atoms with Crippen LogP contribution in [0, 0.1) is 5.41 Å². The van der Waals surface area contributed by atoms with Gasteiger partial charge >= 0.3 is 0 Å². The predicted octanol–water partition coefficient (Wildman–Crippen LogP) is 1.55. The van der Waals surface area contributed by atoms with E-state index in [1.165, 1.54) is 4.31 Å². The molecule has 1 aliphatic rings. The maximum atomic E-state index is 12.7. The monoisotopic (exact) mass is 397 g/mol.